The zero-order valence-electron chi connectivity index (χ0n) is 44.3. The van der Waals surface area contributed by atoms with Crippen LogP contribution < -0.4 is 5.73 Å². The Hall–Kier alpha value is -2.03. The average Bonchev–Trinajstić information content (AvgIpc) is 3.33. The SMILES string of the molecule is CCC/C=C\CCCCCCCC(=O)OCC(COP(=O)(O)OCCN)OC(=O)CCCCCCCCCCCCCCCCCCCCCCCC/C=C\C/C=C\C/C=C\CCCCCCC. The van der Waals surface area contributed by atoms with E-state index in [0.717, 1.165) is 70.6 Å². The topological polar surface area (TPSA) is 134 Å². The molecule has 0 aliphatic rings. The van der Waals surface area contributed by atoms with E-state index in [0.29, 0.717) is 6.42 Å². The van der Waals surface area contributed by atoms with Crippen molar-refractivity contribution in [3.8, 4) is 0 Å². The van der Waals surface area contributed by atoms with Gasteiger partial charge in [-0.2, -0.15) is 0 Å². The Bertz CT molecular complexity index is 1250. The van der Waals surface area contributed by atoms with Crippen LogP contribution >= 0.6 is 7.82 Å². The molecule has 0 radical (unpaired) electrons. The molecule has 0 aromatic rings. The van der Waals surface area contributed by atoms with Crippen LogP contribution in [0.3, 0.4) is 0 Å². The summed E-state index contributed by atoms with van der Waals surface area (Å²) in [6.07, 6.45) is 66.4. The van der Waals surface area contributed by atoms with Crippen LogP contribution in [0, 0.1) is 0 Å². The van der Waals surface area contributed by atoms with Crippen molar-refractivity contribution in [3.63, 3.8) is 0 Å². The van der Waals surface area contributed by atoms with Gasteiger partial charge in [0.2, 0.25) is 0 Å². The first-order valence-electron chi connectivity index (χ1n) is 28.6. The van der Waals surface area contributed by atoms with Crippen molar-refractivity contribution >= 4 is 19.8 Å². The molecule has 0 aliphatic heterocycles. The van der Waals surface area contributed by atoms with Gasteiger partial charge in [-0.3, -0.25) is 18.6 Å². The van der Waals surface area contributed by atoms with E-state index in [1.165, 1.54) is 173 Å². The lowest BCUT2D eigenvalue weighted by Gasteiger charge is -2.19. The highest BCUT2D eigenvalue weighted by molar-refractivity contribution is 7.47. The van der Waals surface area contributed by atoms with Crippen LogP contribution in [0.15, 0.2) is 48.6 Å². The van der Waals surface area contributed by atoms with Crippen LogP contribution in [0.5, 0.6) is 0 Å². The third kappa shape index (κ3) is 53.3. The molecule has 9 nitrogen and oxygen atoms in total. The fourth-order valence-electron chi connectivity index (χ4n) is 8.18. The molecule has 10 heteroatoms. The third-order valence-electron chi connectivity index (χ3n) is 12.4. The molecule has 0 rings (SSSR count). The summed E-state index contributed by atoms with van der Waals surface area (Å²) < 4.78 is 32.9. The molecule has 68 heavy (non-hydrogen) atoms. The Morgan fingerprint density at radius 1 is 0.441 bits per heavy atom. The van der Waals surface area contributed by atoms with Crippen LogP contribution in [-0.4, -0.2) is 49.3 Å². The molecule has 0 aromatic carbocycles. The summed E-state index contributed by atoms with van der Waals surface area (Å²) in [5.41, 5.74) is 5.36. The number of phosphoric ester groups is 1. The van der Waals surface area contributed by atoms with Crippen LogP contribution in [0.25, 0.3) is 0 Å². The highest BCUT2D eigenvalue weighted by atomic mass is 31.2. The van der Waals surface area contributed by atoms with E-state index >= 15 is 0 Å². The van der Waals surface area contributed by atoms with Crippen molar-refractivity contribution in [2.75, 3.05) is 26.4 Å². The molecule has 0 saturated carbocycles. The van der Waals surface area contributed by atoms with Crippen LogP contribution in [0.1, 0.15) is 277 Å². The number of unbranched alkanes of at least 4 members (excludes halogenated alkanes) is 33. The van der Waals surface area contributed by atoms with Gasteiger partial charge >= 0.3 is 19.8 Å². The molecule has 0 spiro atoms. The van der Waals surface area contributed by atoms with E-state index in [4.69, 9.17) is 24.3 Å². The van der Waals surface area contributed by atoms with Gasteiger partial charge in [0.15, 0.2) is 6.10 Å². The molecular weight excluding hydrogens is 870 g/mol. The van der Waals surface area contributed by atoms with Crippen LogP contribution in [-0.2, 0) is 32.7 Å². The molecule has 0 saturated heterocycles. The number of phosphoric acid groups is 1. The molecule has 0 aromatic heterocycles. The van der Waals surface area contributed by atoms with Gasteiger partial charge in [0.1, 0.15) is 6.61 Å². The first-order chi connectivity index (χ1) is 33.3. The number of hydrogen-bond acceptors (Lipinski definition) is 8. The number of esters is 2. The maximum Gasteiger partial charge on any atom is 0.472 e. The monoisotopic (exact) mass is 978 g/mol. The van der Waals surface area contributed by atoms with Crippen molar-refractivity contribution in [3.05, 3.63) is 48.6 Å². The van der Waals surface area contributed by atoms with Gasteiger partial charge in [0, 0.05) is 19.4 Å². The Morgan fingerprint density at radius 2 is 0.794 bits per heavy atom. The summed E-state index contributed by atoms with van der Waals surface area (Å²) in [5.74, 6) is -0.832. The summed E-state index contributed by atoms with van der Waals surface area (Å²) in [4.78, 5) is 34.9. The summed E-state index contributed by atoms with van der Waals surface area (Å²) in [6, 6.07) is 0. The minimum atomic E-state index is -4.38. The van der Waals surface area contributed by atoms with Gasteiger partial charge in [-0.25, -0.2) is 4.57 Å². The molecule has 2 unspecified atom stereocenters. The Balaban J connectivity index is 3.75. The van der Waals surface area contributed by atoms with E-state index in [1.54, 1.807) is 0 Å². The van der Waals surface area contributed by atoms with E-state index in [2.05, 4.69) is 62.5 Å². The number of hydrogen-bond donors (Lipinski definition) is 2. The molecule has 2 atom stereocenters. The number of carbonyl (C=O) groups excluding carboxylic acids is 2. The van der Waals surface area contributed by atoms with Crippen molar-refractivity contribution in [1.82, 2.24) is 0 Å². The molecule has 3 N–H and O–H groups in total. The number of ether oxygens (including phenoxy) is 2. The first-order valence-corrected chi connectivity index (χ1v) is 30.1. The summed E-state index contributed by atoms with van der Waals surface area (Å²) in [5, 5.41) is 0. The van der Waals surface area contributed by atoms with Crippen molar-refractivity contribution in [2.45, 2.75) is 283 Å². The van der Waals surface area contributed by atoms with Crippen LogP contribution in [0.2, 0.25) is 0 Å². The first kappa shape index (κ1) is 66.0. The second-order valence-electron chi connectivity index (χ2n) is 19.2. The lowest BCUT2D eigenvalue weighted by Crippen LogP contribution is -2.29. The molecule has 398 valence electrons. The smallest absolute Gasteiger partial charge is 0.462 e. The highest BCUT2D eigenvalue weighted by Gasteiger charge is 2.26. The zero-order valence-corrected chi connectivity index (χ0v) is 45.2. The van der Waals surface area contributed by atoms with E-state index < -0.39 is 26.5 Å². The normalized spacial score (nSPS) is 13.4. The molecule has 0 amide bonds. The number of rotatable bonds is 54. The minimum Gasteiger partial charge on any atom is -0.462 e. The second kappa shape index (κ2) is 54.3. The van der Waals surface area contributed by atoms with Crippen molar-refractivity contribution in [1.29, 1.82) is 0 Å². The minimum absolute atomic E-state index is 0.0531. The summed E-state index contributed by atoms with van der Waals surface area (Å²) in [6.45, 7) is 3.67. The summed E-state index contributed by atoms with van der Waals surface area (Å²) in [7, 11) is -4.38. The van der Waals surface area contributed by atoms with Gasteiger partial charge in [-0.05, 0) is 70.6 Å². The lowest BCUT2D eigenvalue weighted by atomic mass is 10.0. The average molecular weight is 978 g/mol. The Kier molecular flexibility index (Phi) is 52.7. The number of nitrogens with two attached hydrogens (primary N) is 1. The maximum absolute atomic E-state index is 12.6. The van der Waals surface area contributed by atoms with E-state index in [1.807, 2.05) is 0 Å². The number of allylic oxidation sites excluding steroid dienone is 8. The summed E-state index contributed by atoms with van der Waals surface area (Å²) >= 11 is 0. The van der Waals surface area contributed by atoms with Gasteiger partial charge in [-0.15, -0.1) is 0 Å². The molecule has 0 heterocycles. The maximum atomic E-state index is 12.6. The van der Waals surface area contributed by atoms with Crippen LogP contribution in [0.4, 0.5) is 0 Å². The fourth-order valence-corrected chi connectivity index (χ4v) is 8.94. The molecule has 0 bridgehead atoms. The zero-order chi connectivity index (χ0) is 49.5. The quantitative estimate of drug-likeness (QED) is 0.0264. The van der Waals surface area contributed by atoms with E-state index in [9.17, 15) is 19.0 Å². The predicted molar refractivity (Wildman–Crippen MR) is 289 cm³/mol. The van der Waals surface area contributed by atoms with Gasteiger partial charge in [0.25, 0.3) is 0 Å². The predicted octanol–water partition coefficient (Wildman–Crippen LogP) is 17.8. The van der Waals surface area contributed by atoms with Crippen molar-refractivity contribution < 1.29 is 37.6 Å². The van der Waals surface area contributed by atoms with Gasteiger partial charge in [-0.1, -0.05) is 242 Å². The van der Waals surface area contributed by atoms with E-state index in [-0.39, 0.29) is 38.6 Å². The standard InChI is InChI=1S/C58H108NO8P/c1-3-5-7-9-11-13-15-16-17-18-19-20-21-22-23-24-25-26-27-28-29-30-31-32-33-34-35-36-37-38-39-40-41-43-45-47-49-51-58(61)67-56(55-66-68(62,63)65-53-52-59)54-64-57(60)50-48-46-44-42-14-12-10-8-6-4-2/h8,10,15-16,18-19,21-22,56H,3-7,9,11-14,17,20,23-55,59H2,1-2H3,(H,62,63)/b10-8-,16-15-,19-18-,22-21-. The highest BCUT2D eigenvalue weighted by Crippen LogP contribution is 2.43. The fraction of sp³-hybridized carbons (Fsp3) is 0.828. The largest absolute Gasteiger partial charge is 0.472 e. The second-order valence-corrected chi connectivity index (χ2v) is 20.6. The van der Waals surface area contributed by atoms with Crippen molar-refractivity contribution in [2.24, 2.45) is 5.73 Å². The van der Waals surface area contributed by atoms with Gasteiger partial charge in [0.05, 0.1) is 13.2 Å². The third-order valence-corrected chi connectivity index (χ3v) is 13.4. The lowest BCUT2D eigenvalue weighted by molar-refractivity contribution is -0.161. The van der Waals surface area contributed by atoms with Gasteiger partial charge < -0.3 is 20.1 Å². The molecular formula is C58H108NO8P. The Morgan fingerprint density at radius 3 is 1.21 bits per heavy atom. The number of carbonyl (C=O) groups is 2. The molecule has 0 aliphatic carbocycles. The Labute approximate surface area is 419 Å². The molecule has 0 fully saturated rings.